The smallest absolute Gasteiger partial charge is 0.193 e. The Hall–Kier alpha value is -1.02. The molecule has 0 radical (unpaired) electrons. The second kappa shape index (κ2) is 11.6. The molecule has 0 aromatic heterocycles. The van der Waals surface area contributed by atoms with Crippen LogP contribution in [0.4, 0.5) is 0 Å². The molecule has 1 aliphatic rings. The minimum Gasteiger partial charge on any atom is -0.496 e. The van der Waals surface area contributed by atoms with Crippen LogP contribution in [0.2, 0.25) is 0 Å². The number of benzene rings is 1. The molecule has 1 fully saturated rings. The second-order valence-corrected chi connectivity index (χ2v) is 6.52. The van der Waals surface area contributed by atoms with Gasteiger partial charge in [-0.3, -0.25) is 9.89 Å². The molecule has 1 aromatic carbocycles. The fraction of sp³-hybridized carbons (Fsp3) is 0.632. The summed E-state index contributed by atoms with van der Waals surface area (Å²) in [6.07, 6.45) is 4.02. The second-order valence-electron chi connectivity index (χ2n) is 6.52. The van der Waals surface area contributed by atoms with Crippen molar-refractivity contribution < 1.29 is 4.74 Å². The molecule has 2 rings (SSSR count). The van der Waals surface area contributed by atoms with Crippen LogP contribution in [-0.2, 0) is 6.54 Å². The van der Waals surface area contributed by atoms with Crippen LogP contribution in [0, 0.1) is 0 Å². The Morgan fingerprint density at radius 3 is 2.80 bits per heavy atom. The fourth-order valence-corrected chi connectivity index (χ4v) is 3.35. The molecule has 1 heterocycles. The summed E-state index contributed by atoms with van der Waals surface area (Å²) in [4.78, 5) is 9.12. The van der Waals surface area contributed by atoms with Crippen LogP contribution in [0.1, 0.15) is 31.7 Å². The number of likely N-dealkylation sites (tertiary alicyclic amines) is 1. The van der Waals surface area contributed by atoms with Crippen molar-refractivity contribution in [2.45, 2.75) is 38.8 Å². The summed E-state index contributed by atoms with van der Waals surface area (Å²) in [7, 11) is 5.61. The number of halogens is 1. The maximum absolute atomic E-state index is 5.44. The topological polar surface area (TPSA) is 40.1 Å². The van der Waals surface area contributed by atoms with Crippen LogP contribution in [0.5, 0.6) is 5.75 Å². The lowest BCUT2D eigenvalue weighted by Crippen LogP contribution is -2.45. The van der Waals surface area contributed by atoms with E-state index in [-0.39, 0.29) is 24.0 Å². The number of nitrogens with zero attached hydrogens (tertiary/aromatic N) is 3. The lowest BCUT2D eigenvalue weighted by molar-refractivity contribution is 0.163. The van der Waals surface area contributed by atoms with Crippen molar-refractivity contribution in [2.75, 3.05) is 40.8 Å². The summed E-state index contributed by atoms with van der Waals surface area (Å²) >= 11 is 0. The zero-order valence-electron chi connectivity index (χ0n) is 16.0. The van der Waals surface area contributed by atoms with Crippen molar-refractivity contribution >= 4 is 29.9 Å². The Balaban J connectivity index is 0.00000312. The number of para-hydroxylation sites is 1. The number of hydrogen-bond donors (Lipinski definition) is 1. The van der Waals surface area contributed by atoms with Crippen LogP contribution in [0.25, 0.3) is 0 Å². The van der Waals surface area contributed by atoms with E-state index in [4.69, 9.17) is 4.74 Å². The van der Waals surface area contributed by atoms with Gasteiger partial charge in [-0.1, -0.05) is 24.6 Å². The Kier molecular flexibility index (Phi) is 10.2. The van der Waals surface area contributed by atoms with Gasteiger partial charge in [0.25, 0.3) is 0 Å². The standard InChI is InChI=1S/C19H32N4O.HI/c1-16-9-7-8-13-23(16)14-12-21-19(20-2)22(3)15-17-10-5-6-11-18(17)24-4;/h5-6,10-11,16H,7-9,12-15H2,1-4H3,(H,20,21);1H. The van der Waals surface area contributed by atoms with Crippen LogP contribution in [0.15, 0.2) is 29.3 Å². The van der Waals surface area contributed by atoms with Crippen molar-refractivity contribution in [3.8, 4) is 5.75 Å². The minimum absolute atomic E-state index is 0. The first-order valence-electron chi connectivity index (χ1n) is 8.93. The zero-order chi connectivity index (χ0) is 17.4. The summed E-state index contributed by atoms with van der Waals surface area (Å²) < 4.78 is 5.44. The molecule has 1 N–H and O–H groups in total. The number of methoxy groups -OCH3 is 1. The van der Waals surface area contributed by atoms with Crippen LogP contribution < -0.4 is 10.1 Å². The third-order valence-electron chi connectivity index (χ3n) is 4.80. The predicted molar refractivity (Wildman–Crippen MR) is 116 cm³/mol. The highest BCUT2D eigenvalue weighted by atomic mass is 127. The van der Waals surface area contributed by atoms with Crippen molar-refractivity contribution in [3.63, 3.8) is 0 Å². The number of hydrogen-bond acceptors (Lipinski definition) is 3. The summed E-state index contributed by atoms with van der Waals surface area (Å²) in [5, 5.41) is 3.49. The zero-order valence-corrected chi connectivity index (χ0v) is 18.3. The third-order valence-corrected chi connectivity index (χ3v) is 4.80. The van der Waals surface area contributed by atoms with E-state index in [2.05, 4.69) is 40.1 Å². The molecule has 1 saturated heterocycles. The van der Waals surface area contributed by atoms with Gasteiger partial charge in [-0.15, -0.1) is 24.0 Å². The van der Waals surface area contributed by atoms with Gasteiger partial charge in [0.15, 0.2) is 5.96 Å². The summed E-state index contributed by atoms with van der Waals surface area (Å²) in [5.41, 5.74) is 1.16. The molecule has 1 aromatic rings. The highest BCUT2D eigenvalue weighted by Crippen LogP contribution is 2.19. The molecule has 0 spiro atoms. The fourth-order valence-electron chi connectivity index (χ4n) is 3.35. The quantitative estimate of drug-likeness (QED) is 0.402. The molecule has 0 bridgehead atoms. The van der Waals surface area contributed by atoms with Crippen LogP contribution in [0.3, 0.4) is 0 Å². The molecule has 0 saturated carbocycles. The molecular formula is C19H33IN4O. The van der Waals surface area contributed by atoms with E-state index >= 15 is 0 Å². The molecule has 0 amide bonds. The van der Waals surface area contributed by atoms with E-state index in [9.17, 15) is 0 Å². The van der Waals surface area contributed by atoms with Crippen molar-refractivity contribution in [1.29, 1.82) is 0 Å². The monoisotopic (exact) mass is 460 g/mol. The first kappa shape index (κ1) is 22.0. The average Bonchev–Trinajstić information content (AvgIpc) is 2.60. The van der Waals surface area contributed by atoms with Crippen molar-refractivity contribution in [3.05, 3.63) is 29.8 Å². The van der Waals surface area contributed by atoms with E-state index < -0.39 is 0 Å². The Morgan fingerprint density at radius 1 is 1.36 bits per heavy atom. The Bertz CT molecular complexity index is 538. The average molecular weight is 460 g/mol. The first-order chi connectivity index (χ1) is 11.7. The molecule has 1 unspecified atom stereocenters. The molecule has 1 aliphatic heterocycles. The maximum atomic E-state index is 5.44. The van der Waals surface area contributed by atoms with Gasteiger partial charge in [-0.2, -0.15) is 0 Å². The van der Waals surface area contributed by atoms with E-state index in [1.807, 2.05) is 25.2 Å². The van der Waals surface area contributed by atoms with Gasteiger partial charge in [0, 0.05) is 45.3 Å². The number of aliphatic imine (C=N–C) groups is 1. The van der Waals surface area contributed by atoms with Gasteiger partial charge < -0.3 is 15.0 Å². The van der Waals surface area contributed by atoms with Gasteiger partial charge in [-0.05, 0) is 32.4 Å². The number of ether oxygens (including phenoxy) is 1. The normalized spacial score (nSPS) is 18.4. The SMILES string of the molecule is CN=C(NCCN1CCCCC1C)N(C)Cc1ccccc1OC.I. The summed E-state index contributed by atoms with van der Waals surface area (Å²) in [6, 6.07) is 8.83. The molecule has 25 heavy (non-hydrogen) atoms. The summed E-state index contributed by atoms with van der Waals surface area (Å²) in [5.74, 6) is 1.84. The maximum Gasteiger partial charge on any atom is 0.193 e. The molecule has 5 nitrogen and oxygen atoms in total. The minimum atomic E-state index is 0. The Morgan fingerprint density at radius 2 is 2.12 bits per heavy atom. The number of nitrogens with one attached hydrogen (secondary N) is 1. The van der Waals surface area contributed by atoms with E-state index in [0.717, 1.165) is 36.9 Å². The van der Waals surface area contributed by atoms with Gasteiger partial charge in [0.1, 0.15) is 5.75 Å². The molecule has 142 valence electrons. The van der Waals surface area contributed by atoms with Gasteiger partial charge in [-0.25, -0.2) is 0 Å². The lowest BCUT2D eigenvalue weighted by atomic mass is 10.0. The highest BCUT2D eigenvalue weighted by molar-refractivity contribution is 14.0. The first-order valence-corrected chi connectivity index (χ1v) is 8.93. The lowest BCUT2D eigenvalue weighted by Gasteiger charge is -2.33. The van der Waals surface area contributed by atoms with Crippen molar-refractivity contribution in [2.24, 2.45) is 4.99 Å². The van der Waals surface area contributed by atoms with Gasteiger partial charge in [0.05, 0.1) is 7.11 Å². The van der Waals surface area contributed by atoms with Crippen LogP contribution in [-0.4, -0.2) is 62.6 Å². The van der Waals surface area contributed by atoms with Crippen molar-refractivity contribution in [1.82, 2.24) is 15.1 Å². The molecule has 6 heteroatoms. The number of guanidine groups is 1. The largest absolute Gasteiger partial charge is 0.496 e. The van der Waals surface area contributed by atoms with E-state index in [1.165, 1.54) is 25.8 Å². The predicted octanol–water partition coefficient (Wildman–Crippen LogP) is 3.19. The van der Waals surface area contributed by atoms with Crippen LogP contribution >= 0.6 is 24.0 Å². The molecule has 0 aliphatic carbocycles. The molecular weight excluding hydrogens is 427 g/mol. The van der Waals surface area contributed by atoms with E-state index in [1.54, 1.807) is 7.11 Å². The highest BCUT2D eigenvalue weighted by Gasteiger charge is 2.17. The van der Waals surface area contributed by atoms with Gasteiger partial charge in [0.2, 0.25) is 0 Å². The Labute approximate surface area is 169 Å². The van der Waals surface area contributed by atoms with Gasteiger partial charge >= 0.3 is 0 Å². The summed E-state index contributed by atoms with van der Waals surface area (Å²) in [6.45, 7) is 6.32. The number of piperidine rings is 1. The van der Waals surface area contributed by atoms with E-state index in [0.29, 0.717) is 6.04 Å². The number of rotatable bonds is 6. The third kappa shape index (κ3) is 6.66. The molecule has 1 atom stereocenters.